The molecule has 0 aliphatic heterocycles. The average Bonchev–Trinajstić information content (AvgIpc) is 2.30. The third kappa shape index (κ3) is 3.30. The number of carbonyl (C=O) groups is 1. The van der Waals surface area contributed by atoms with Gasteiger partial charge in [-0.05, 0) is 24.6 Å². The monoisotopic (exact) mass is 297 g/mol. The number of halogens is 2. The molecule has 3 N–H and O–H groups in total. The lowest BCUT2D eigenvalue weighted by atomic mass is 10.2. The molecule has 0 atom stereocenters. The first-order chi connectivity index (χ1) is 8.95. The lowest BCUT2D eigenvalue weighted by Crippen LogP contribution is -2.15. The van der Waals surface area contributed by atoms with E-state index in [9.17, 15) is 4.79 Å². The van der Waals surface area contributed by atoms with E-state index in [4.69, 9.17) is 28.9 Å². The summed E-state index contributed by atoms with van der Waals surface area (Å²) in [4.78, 5) is 23.6. The fourth-order valence-electron chi connectivity index (χ4n) is 1.42. The molecule has 19 heavy (non-hydrogen) atoms. The molecule has 0 aliphatic rings. The van der Waals surface area contributed by atoms with E-state index < -0.39 is 5.91 Å². The Bertz CT molecular complexity index is 627. The van der Waals surface area contributed by atoms with Gasteiger partial charge in [0.25, 0.3) is 5.91 Å². The van der Waals surface area contributed by atoms with Gasteiger partial charge in [0, 0.05) is 6.07 Å². The van der Waals surface area contributed by atoms with Gasteiger partial charge in [-0.15, -0.1) is 0 Å². The summed E-state index contributed by atoms with van der Waals surface area (Å²) in [6.45, 7) is 1.70. The fourth-order valence-corrected chi connectivity index (χ4v) is 1.83. The molecule has 8 heteroatoms. The number of nitrogens with zero attached hydrogens (tertiary/aromatic N) is 3. The summed E-state index contributed by atoms with van der Waals surface area (Å²) < 4.78 is 0. The number of nitrogens with two attached hydrogens (primary N) is 1. The highest BCUT2D eigenvalue weighted by Gasteiger charge is 2.12. The highest BCUT2D eigenvalue weighted by molar-refractivity contribution is 6.32. The summed E-state index contributed by atoms with van der Waals surface area (Å²) in [5.74, 6) is -0.194. The molecule has 0 bridgehead atoms. The first kappa shape index (κ1) is 13.5. The van der Waals surface area contributed by atoms with E-state index in [2.05, 4.69) is 20.3 Å². The minimum absolute atomic E-state index is 0.0507. The first-order valence-electron chi connectivity index (χ1n) is 5.19. The maximum atomic E-state index is 12.1. The van der Waals surface area contributed by atoms with Crippen LogP contribution in [0.4, 0.5) is 11.5 Å². The number of aromatic nitrogens is 3. The highest BCUT2D eigenvalue weighted by atomic mass is 35.5. The molecule has 1 amide bonds. The van der Waals surface area contributed by atoms with E-state index in [0.29, 0.717) is 16.9 Å². The molecule has 0 radical (unpaired) electrons. The van der Waals surface area contributed by atoms with Gasteiger partial charge < -0.3 is 11.1 Å². The SMILES string of the molecule is Cc1ncc(N)cc1C(=O)Nc1cc(Cl)nc(Cl)n1. The molecule has 0 saturated heterocycles. The van der Waals surface area contributed by atoms with Crippen LogP contribution in [0.5, 0.6) is 0 Å². The smallest absolute Gasteiger partial charge is 0.258 e. The number of rotatable bonds is 2. The second kappa shape index (κ2) is 5.38. The zero-order valence-corrected chi connectivity index (χ0v) is 11.3. The van der Waals surface area contributed by atoms with E-state index in [-0.39, 0.29) is 16.3 Å². The van der Waals surface area contributed by atoms with Crippen molar-refractivity contribution in [1.29, 1.82) is 0 Å². The first-order valence-corrected chi connectivity index (χ1v) is 5.95. The summed E-state index contributed by atoms with van der Waals surface area (Å²) in [5, 5.41) is 2.64. The van der Waals surface area contributed by atoms with Gasteiger partial charge in [0.15, 0.2) is 0 Å². The number of anilines is 2. The van der Waals surface area contributed by atoms with Crippen LogP contribution in [0.3, 0.4) is 0 Å². The van der Waals surface area contributed by atoms with E-state index in [1.165, 1.54) is 18.3 Å². The molecule has 0 saturated carbocycles. The van der Waals surface area contributed by atoms with Gasteiger partial charge in [0.1, 0.15) is 11.0 Å². The Labute approximate surface area is 119 Å². The molecule has 0 fully saturated rings. The maximum absolute atomic E-state index is 12.1. The third-order valence-corrected chi connectivity index (χ3v) is 2.62. The van der Waals surface area contributed by atoms with Crippen molar-refractivity contribution in [3.8, 4) is 0 Å². The van der Waals surface area contributed by atoms with Crippen LogP contribution in [0.15, 0.2) is 18.3 Å². The van der Waals surface area contributed by atoms with E-state index >= 15 is 0 Å². The van der Waals surface area contributed by atoms with E-state index in [1.807, 2.05) is 0 Å². The topological polar surface area (TPSA) is 93.8 Å². The largest absolute Gasteiger partial charge is 0.397 e. The van der Waals surface area contributed by atoms with Crippen molar-refractivity contribution in [3.05, 3.63) is 40.0 Å². The Morgan fingerprint density at radius 2 is 2.05 bits per heavy atom. The molecule has 0 aromatic carbocycles. The molecular weight excluding hydrogens is 289 g/mol. The Kier molecular flexibility index (Phi) is 3.82. The normalized spacial score (nSPS) is 10.3. The van der Waals surface area contributed by atoms with Crippen LogP contribution in [0.1, 0.15) is 16.1 Å². The van der Waals surface area contributed by atoms with Crippen LogP contribution < -0.4 is 11.1 Å². The van der Waals surface area contributed by atoms with Crippen molar-refractivity contribution in [2.75, 3.05) is 11.1 Å². The zero-order chi connectivity index (χ0) is 14.0. The van der Waals surface area contributed by atoms with Crippen molar-refractivity contribution >= 4 is 40.6 Å². The number of nitrogen functional groups attached to an aromatic ring is 1. The molecule has 2 rings (SSSR count). The summed E-state index contributed by atoms with van der Waals surface area (Å²) in [5.41, 5.74) is 6.90. The van der Waals surface area contributed by atoms with Crippen LogP contribution >= 0.6 is 23.2 Å². The molecule has 2 heterocycles. The van der Waals surface area contributed by atoms with Gasteiger partial charge in [-0.2, -0.15) is 0 Å². The molecular formula is C11H9Cl2N5O. The van der Waals surface area contributed by atoms with Crippen LogP contribution in [-0.4, -0.2) is 20.9 Å². The van der Waals surface area contributed by atoms with Crippen molar-refractivity contribution in [2.24, 2.45) is 0 Å². The van der Waals surface area contributed by atoms with Crippen molar-refractivity contribution in [2.45, 2.75) is 6.92 Å². The summed E-state index contributed by atoms with van der Waals surface area (Å²) in [6.07, 6.45) is 1.48. The molecule has 2 aromatic heterocycles. The predicted octanol–water partition coefficient (Wildman–Crippen LogP) is 2.32. The van der Waals surface area contributed by atoms with Crippen LogP contribution in [0, 0.1) is 6.92 Å². The molecule has 0 unspecified atom stereocenters. The number of carbonyl (C=O) groups excluding carboxylic acids is 1. The highest BCUT2D eigenvalue weighted by Crippen LogP contribution is 2.16. The Balaban J connectivity index is 2.28. The van der Waals surface area contributed by atoms with Crippen LogP contribution in [0.25, 0.3) is 0 Å². The lowest BCUT2D eigenvalue weighted by Gasteiger charge is -2.07. The van der Waals surface area contributed by atoms with Crippen molar-refractivity contribution < 1.29 is 4.79 Å². The number of aryl methyl sites for hydroxylation is 1. The quantitative estimate of drug-likeness (QED) is 0.655. The second-order valence-corrected chi connectivity index (χ2v) is 4.43. The van der Waals surface area contributed by atoms with Crippen molar-refractivity contribution in [1.82, 2.24) is 15.0 Å². The van der Waals surface area contributed by atoms with Crippen LogP contribution in [-0.2, 0) is 0 Å². The van der Waals surface area contributed by atoms with E-state index in [0.717, 1.165) is 0 Å². The van der Waals surface area contributed by atoms with Gasteiger partial charge in [-0.1, -0.05) is 11.6 Å². The Morgan fingerprint density at radius 1 is 1.32 bits per heavy atom. The van der Waals surface area contributed by atoms with E-state index in [1.54, 1.807) is 6.92 Å². The van der Waals surface area contributed by atoms with Gasteiger partial charge in [-0.25, -0.2) is 9.97 Å². The number of hydrogen-bond donors (Lipinski definition) is 2. The lowest BCUT2D eigenvalue weighted by molar-refractivity contribution is 0.102. The van der Waals surface area contributed by atoms with Gasteiger partial charge in [0.2, 0.25) is 5.28 Å². The minimum atomic E-state index is -0.400. The van der Waals surface area contributed by atoms with Gasteiger partial charge in [0.05, 0.1) is 23.1 Å². The summed E-state index contributed by atoms with van der Waals surface area (Å²) in [7, 11) is 0. The number of pyridine rings is 1. The molecule has 6 nitrogen and oxygen atoms in total. The molecule has 0 spiro atoms. The van der Waals surface area contributed by atoms with Crippen molar-refractivity contribution in [3.63, 3.8) is 0 Å². The number of nitrogens with one attached hydrogen (secondary N) is 1. The average molecular weight is 298 g/mol. The summed E-state index contributed by atoms with van der Waals surface area (Å²) >= 11 is 11.4. The minimum Gasteiger partial charge on any atom is -0.397 e. The Hall–Kier alpha value is -1.92. The predicted molar refractivity (Wildman–Crippen MR) is 73.4 cm³/mol. The van der Waals surface area contributed by atoms with Crippen LogP contribution in [0.2, 0.25) is 10.4 Å². The maximum Gasteiger partial charge on any atom is 0.258 e. The number of amides is 1. The second-order valence-electron chi connectivity index (χ2n) is 3.70. The molecule has 98 valence electrons. The summed E-state index contributed by atoms with van der Waals surface area (Å²) in [6, 6.07) is 2.92. The van der Waals surface area contributed by atoms with Gasteiger partial charge in [-0.3, -0.25) is 9.78 Å². The zero-order valence-electron chi connectivity index (χ0n) is 9.82. The molecule has 2 aromatic rings. The standard InChI is InChI=1S/C11H9Cl2N5O/c1-5-7(2-6(14)4-15-5)10(19)17-9-3-8(12)16-11(13)18-9/h2-4H,14H2,1H3,(H,16,17,18,19). The van der Waals surface area contributed by atoms with Gasteiger partial charge >= 0.3 is 0 Å². The third-order valence-electron chi connectivity index (χ3n) is 2.26. The Morgan fingerprint density at radius 3 is 2.74 bits per heavy atom. The molecule has 0 aliphatic carbocycles. The fraction of sp³-hybridized carbons (Fsp3) is 0.0909. The number of hydrogen-bond acceptors (Lipinski definition) is 5.